The second-order valence-corrected chi connectivity index (χ2v) is 8.15. The monoisotopic (exact) mass is 365 g/mol. The lowest BCUT2D eigenvalue weighted by molar-refractivity contribution is -0.131. The first-order chi connectivity index (χ1) is 12.6. The van der Waals surface area contributed by atoms with Crippen LogP contribution < -0.4 is 11.1 Å². The molecule has 4 fully saturated rings. The summed E-state index contributed by atoms with van der Waals surface area (Å²) in [5, 5.41) is 3.44. The Bertz CT molecular complexity index is 525. The quantitative estimate of drug-likeness (QED) is 0.713. The van der Waals surface area contributed by atoms with E-state index < -0.39 is 0 Å². The van der Waals surface area contributed by atoms with E-state index in [0.29, 0.717) is 50.7 Å². The number of fused-ring (bicyclic) bond motifs is 1. The number of hydrogen-bond donors (Lipinski definition) is 2. The van der Waals surface area contributed by atoms with E-state index in [2.05, 4.69) is 5.32 Å². The largest absolute Gasteiger partial charge is 0.378 e. The van der Waals surface area contributed by atoms with Gasteiger partial charge in [0.05, 0.1) is 25.9 Å². The van der Waals surface area contributed by atoms with E-state index >= 15 is 0 Å². The molecule has 4 rings (SSSR count). The Balaban J connectivity index is 1.21. The molecule has 3 saturated heterocycles. The number of urea groups is 1. The normalized spacial score (nSPS) is 34.4. The van der Waals surface area contributed by atoms with Crippen LogP contribution in [-0.4, -0.2) is 91.3 Å². The van der Waals surface area contributed by atoms with Crippen molar-refractivity contribution in [3.8, 4) is 0 Å². The predicted octanol–water partition coefficient (Wildman–Crippen LogP) is -0.354. The molecule has 1 saturated carbocycles. The van der Waals surface area contributed by atoms with Crippen LogP contribution in [0.5, 0.6) is 0 Å². The molecule has 3 amide bonds. The molecule has 0 spiro atoms. The van der Waals surface area contributed by atoms with Crippen LogP contribution in [0.15, 0.2) is 0 Å². The number of nitrogens with zero attached hydrogens (tertiary/aromatic N) is 3. The fourth-order valence-corrected chi connectivity index (χ4v) is 5.01. The molecular weight excluding hydrogens is 334 g/mol. The summed E-state index contributed by atoms with van der Waals surface area (Å²) in [6, 6.07) is 0.554. The molecule has 0 radical (unpaired) electrons. The number of carbonyl (C=O) groups is 2. The molecule has 3 N–H and O–H groups in total. The molecule has 26 heavy (non-hydrogen) atoms. The minimum atomic E-state index is -0.105. The molecule has 146 valence electrons. The number of carbonyl (C=O) groups excluding carboxylic acids is 2. The van der Waals surface area contributed by atoms with Gasteiger partial charge in [-0.25, -0.2) is 4.79 Å². The third kappa shape index (κ3) is 3.68. The molecule has 0 aromatic heterocycles. The summed E-state index contributed by atoms with van der Waals surface area (Å²) >= 11 is 0. The third-order valence-corrected chi connectivity index (χ3v) is 6.46. The minimum Gasteiger partial charge on any atom is -0.378 e. The number of hydrogen-bond acceptors (Lipinski definition) is 5. The summed E-state index contributed by atoms with van der Waals surface area (Å²) in [6.07, 6.45) is 3.92. The van der Waals surface area contributed by atoms with Crippen molar-refractivity contribution in [3.05, 3.63) is 0 Å². The van der Waals surface area contributed by atoms with Gasteiger partial charge in [0.2, 0.25) is 5.91 Å². The van der Waals surface area contributed by atoms with Crippen LogP contribution in [0.25, 0.3) is 0 Å². The molecule has 3 aliphatic heterocycles. The van der Waals surface area contributed by atoms with Crippen LogP contribution in [0.2, 0.25) is 0 Å². The van der Waals surface area contributed by atoms with Crippen molar-refractivity contribution in [2.45, 2.75) is 37.9 Å². The Kier molecular flexibility index (Phi) is 5.33. The van der Waals surface area contributed by atoms with Crippen molar-refractivity contribution in [1.29, 1.82) is 0 Å². The molecule has 4 atom stereocenters. The van der Waals surface area contributed by atoms with Gasteiger partial charge in [-0.05, 0) is 37.5 Å². The van der Waals surface area contributed by atoms with Crippen molar-refractivity contribution in [2.75, 3.05) is 52.5 Å². The van der Waals surface area contributed by atoms with E-state index in [1.165, 1.54) is 0 Å². The molecule has 8 heteroatoms. The lowest BCUT2D eigenvalue weighted by Gasteiger charge is -2.31. The maximum Gasteiger partial charge on any atom is 0.320 e. The fourth-order valence-electron chi connectivity index (χ4n) is 5.01. The van der Waals surface area contributed by atoms with Crippen LogP contribution in [0.1, 0.15) is 25.7 Å². The van der Waals surface area contributed by atoms with Gasteiger partial charge < -0.3 is 30.5 Å². The van der Waals surface area contributed by atoms with Crippen molar-refractivity contribution in [2.24, 2.45) is 17.6 Å². The lowest BCUT2D eigenvalue weighted by atomic mass is 10.0. The Hall–Kier alpha value is -1.38. The van der Waals surface area contributed by atoms with Crippen molar-refractivity contribution in [3.63, 3.8) is 0 Å². The maximum absolute atomic E-state index is 12.6. The van der Waals surface area contributed by atoms with Gasteiger partial charge in [0.1, 0.15) is 0 Å². The van der Waals surface area contributed by atoms with Crippen LogP contribution in [-0.2, 0) is 9.53 Å². The van der Waals surface area contributed by atoms with Crippen molar-refractivity contribution < 1.29 is 14.3 Å². The first-order valence-corrected chi connectivity index (χ1v) is 10.0. The van der Waals surface area contributed by atoms with Gasteiger partial charge in [-0.1, -0.05) is 0 Å². The second kappa shape index (κ2) is 7.70. The van der Waals surface area contributed by atoms with Crippen LogP contribution in [0, 0.1) is 11.8 Å². The highest BCUT2D eigenvalue weighted by molar-refractivity contribution is 5.78. The number of nitrogens with one attached hydrogen (secondary N) is 1. The van der Waals surface area contributed by atoms with Gasteiger partial charge in [0.15, 0.2) is 0 Å². The molecule has 3 heterocycles. The first-order valence-electron chi connectivity index (χ1n) is 10.0. The highest BCUT2D eigenvalue weighted by Gasteiger charge is 2.43. The smallest absolute Gasteiger partial charge is 0.320 e. The molecule has 0 bridgehead atoms. The van der Waals surface area contributed by atoms with Gasteiger partial charge in [0, 0.05) is 38.8 Å². The molecule has 2 unspecified atom stereocenters. The lowest BCUT2D eigenvalue weighted by Crippen LogP contribution is -2.48. The van der Waals surface area contributed by atoms with Crippen molar-refractivity contribution in [1.82, 2.24) is 20.0 Å². The van der Waals surface area contributed by atoms with E-state index in [1.807, 2.05) is 9.80 Å². The average molecular weight is 365 g/mol. The Labute approximate surface area is 155 Å². The summed E-state index contributed by atoms with van der Waals surface area (Å²) < 4.78 is 5.33. The van der Waals surface area contributed by atoms with E-state index in [1.54, 1.807) is 4.90 Å². The van der Waals surface area contributed by atoms with Crippen LogP contribution in [0.3, 0.4) is 0 Å². The van der Waals surface area contributed by atoms with Crippen molar-refractivity contribution >= 4 is 11.9 Å². The highest BCUT2D eigenvalue weighted by atomic mass is 16.5. The Morgan fingerprint density at radius 1 is 1.04 bits per heavy atom. The van der Waals surface area contributed by atoms with Crippen LogP contribution in [0.4, 0.5) is 4.79 Å². The minimum absolute atomic E-state index is 0.105. The van der Waals surface area contributed by atoms with Gasteiger partial charge >= 0.3 is 6.03 Å². The maximum atomic E-state index is 12.6. The standard InChI is InChI=1S/C18H31N5O3/c19-16-2-1-3-23(16)17(24)10-20-15-8-13-11-22(12-14(13)9-15)18(25)21-4-6-26-7-5-21/h13-16,20H,1-12,19H2/t13-,14+,15?,16?. The highest BCUT2D eigenvalue weighted by Crippen LogP contribution is 2.38. The molecule has 4 aliphatic rings. The predicted molar refractivity (Wildman–Crippen MR) is 96.3 cm³/mol. The van der Waals surface area contributed by atoms with E-state index in [0.717, 1.165) is 45.3 Å². The number of likely N-dealkylation sites (tertiary alicyclic amines) is 2. The summed E-state index contributed by atoms with van der Waals surface area (Å²) in [5.74, 6) is 1.24. The third-order valence-electron chi connectivity index (χ3n) is 6.46. The van der Waals surface area contributed by atoms with E-state index in [9.17, 15) is 9.59 Å². The SMILES string of the molecule is NC1CCCN1C(=O)CNC1C[C@@H]2CN(C(=O)N3CCOCC3)C[C@@H]2C1. The van der Waals surface area contributed by atoms with Gasteiger partial charge in [-0.15, -0.1) is 0 Å². The number of morpholine rings is 1. The summed E-state index contributed by atoms with van der Waals surface area (Å²) in [5.41, 5.74) is 5.97. The topological polar surface area (TPSA) is 91.1 Å². The second-order valence-electron chi connectivity index (χ2n) is 8.15. The number of amides is 3. The zero-order chi connectivity index (χ0) is 18.1. The van der Waals surface area contributed by atoms with E-state index in [4.69, 9.17) is 10.5 Å². The molecule has 0 aromatic rings. The first kappa shape index (κ1) is 18.0. The zero-order valence-corrected chi connectivity index (χ0v) is 15.4. The van der Waals surface area contributed by atoms with Gasteiger partial charge in [-0.3, -0.25) is 4.79 Å². The fraction of sp³-hybridized carbons (Fsp3) is 0.889. The Morgan fingerprint density at radius 2 is 1.73 bits per heavy atom. The Morgan fingerprint density at radius 3 is 2.35 bits per heavy atom. The molecular formula is C18H31N5O3. The number of ether oxygens (including phenoxy) is 1. The number of nitrogens with two attached hydrogens (primary N) is 1. The van der Waals surface area contributed by atoms with Gasteiger partial charge in [0.25, 0.3) is 0 Å². The summed E-state index contributed by atoms with van der Waals surface area (Å²) in [6.45, 7) is 5.57. The molecule has 0 aromatic carbocycles. The molecule has 1 aliphatic carbocycles. The average Bonchev–Trinajstić information content (AvgIpc) is 3.34. The molecule has 8 nitrogen and oxygen atoms in total. The zero-order valence-electron chi connectivity index (χ0n) is 15.4. The van der Waals surface area contributed by atoms with E-state index in [-0.39, 0.29) is 18.1 Å². The number of rotatable bonds is 3. The summed E-state index contributed by atoms with van der Waals surface area (Å²) in [4.78, 5) is 30.6. The van der Waals surface area contributed by atoms with Gasteiger partial charge in [-0.2, -0.15) is 0 Å². The summed E-state index contributed by atoms with van der Waals surface area (Å²) in [7, 11) is 0. The van der Waals surface area contributed by atoms with Crippen LogP contribution >= 0.6 is 0 Å².